The van der Waals surface area contributed by atoms with Gasteiger partial charge in [0, 0.05) is 49.6 Å². The molecular weight excluding hydrogens is 825 g/mol. The summed E-state index contributed by atoms with van der Waals surface area (Å²) in [5.74, 6) is 0.707. The highest BCUT2D eigenvalue weighted by Gasteiger charge is 2.18. The first kappa shape index (κ1) is 39.3. The van der Waals surface area contributed by atoms with Gasteiger partial charge < -0.3 is 9.13 Å². The maximum atomic E-state index is 5.11. The van der Waals surface area contributed by atoms with Crippen molar-refractivity contribution in [2.45, 2.75) is 0 Å². The van der Waals surface area contributed by atoms with Crippen LogP contribution in [0.5, 0.6) is 0 Å². The van der Waals surface area contributed by atoms with Gasteiger partial charge in [0.25, 0.3) is 0 Å². The van der Waals surface area contributed by atoms with Gasteiger partial charge in [-0.25, -0.2) is 9.97 Å². The van der Waals surface area contributed by atoms with Crippen molar-refractivity contribution >= 4 is 43.6 Å². The second-order valence-corrected chi connectivity index (χ2v) is 17.4. The third-order valence-electron chi connectivity index (χ3n) is 13.4. The Kier molecular flexibility index (Phi) is 9.47. The van der Waals surface area contributed by atoms with Crippen LogP contribution in [0.4, 0.5) is 0 Å². The van der Waals surface area contributed by atoms with E-state index in [1.807, 2.05) is 24.3 Å². The number of rotatable bonds is 8. The van der Waals surface area contributed by atoms with Crippen molar-refractivity contribution in [2.24, 2.45) is 0 Å². The summed E-state index contributed by atoms with van der Waals surface area (Å²) in [5, 5.41) is 4.91. The molecule has 0 spiro atoms. The van der Waals surface area contributed by atoms with E-state index in [2.05, 4.69) is 240 Å². The van der Waals surface area contributed by atoms with E-state index >= 15 is 0 Å². The van der Waals surface area contributed by atoms with Gasteiger partial charge in [0.1, 0.15) is 0 Å². The van der Waals surface area contributed by atoms with Crippen molar-refractivity contribution in [2.75, 3.05) is 0 Å². The van der Waals surface area contributed by atoms with E-state index in [4.69, 9.17) is 9.97 Å². The lowest BCUT2D eigenvalue weighted by atomic mass is 10.00. The van der Waals surface area contributed by atoms with Gasteiger partial charge in [-0.15, -0.1) is 0 Å². The second kappa shape index (κ2) is 16.4. The summed E-state index contributed by atoms with van der Waals surface area (Å²) in [5.41, 5.74) is 18.9. The van der Waals surface area contributed by atoms with Crippen molar-refractivity contribution in [3.63, 3.8) is 0 Å². The third kappa shape index (κ3) is 6.86. The highest BCUT2D eigenvalue weighted by atomic mass is 15.0. The number of hydrogen-bond donors (Lipinski definition) is 0. The van der Waals surface area contributed by atoms with Gasteiger partial charge in [-0.05, 0) is 88.0 Å². The lowest BCUT2D eigenvalue weighted by molar-refractivity contribution is 1.17. The molecule has 3 heterocycles. The van der Waals surface area contributed by atoms with Crippen LogP contribution in [-0.2, 0) is 0 Å². The molecule has 0 amide bonds. The molecule has 0 radical (unpaired) electrons. The fourth-order valence-electron chi connectivity index (χ4n) is 9.99. The molecule has 0 bridgehead atoms. The lowest BCUT2D eigenvalue weighted by Gasteiger charge is -2.12. The summed E-state index contributed by atoms with van der Waals surface area (Å²) >= 11 is 0. The topological polar surface area (TPSA) is 35.6 Å². The molecule has 0 saturated carbocycles. The van der Waals surface area contributed by atoms with Crippen LogP contribution in [-0.4, -0.2) is 19.1 Å². The van der Waals surface area contributed by atoms with E-state index in [-0.39, 0.29) is 0 Å². The average Bonchev–Trinajstić information content (AvgIpc) is 3.94. The molecule has 0 aliphatic rings. The molecule has 0 saturated heterocycles. The Morgan fingerprint density at radius 3 is 1.01 bits per heavy atom. The van der Waals surface area contributed by atoms with Gasteiger partial charge >= 0.3 is 0 Å². The zero-order valence-corrected chi connectivity index (χ0v) is 37.0. The molecular formula is C64H42N4. The minimum absolute atomic E-state index is 0.707. The lowest BCUT2D eigenvalue weighted by Crippen LogP contribution is -1.97. The fourth-order valence-corrected chi connectivity index (χ4v) is 9.99. The number of benzene rings is 10. The smallest absolute Gasteiger partial charge is 0.160 e. The van der Waals surface area contributed by atoms with Crippen LogP contribution in [0.3, 0.4) is 0 Å². The van der Waals surface area contributed by atoms with Gasteiger partial charge in [0.15, 0.2) is 5.82 Å². The second-order valence-electron chi connectivity index (χ2n) is 17.4. The van der Waals surface area contributed by atoms with Crippen LogP contribution in [0.1, 0.15) is 0 Å². The molecule has 318 valence electrons. The van der Waals surface area contributed by atoms with E-state index < -0.39 is 0 Å². The predicted molar refractivity (Wildman–Crippen MR) is 283 cm³/mol. The van der Waals surface area contributed by atoms with Crippen molar-refractivity contribution in [3.8, 4) is 78.7 Å². The molecule has 13 rings (SSSR count). The quantitative estimate of drug-likeness (QED) is 0.153. The monoisotopic (exact) mass is 866 g/mol. The maximum absolute atomic E-state index is 5.11. The molecule has 0 aliphatic heterocycles. The molecule has 0 unspecified atom stereocenters. The molecule has 4 nitrogen and oxygen atoms in total. The van der Waals surface area contributed by atoms with Crippen LogP contribution < -0.4 is 0 Å². The molecule has 0 fully saturated rings. The van der Waals surface area contributed by atoms with E-state index in [9.17, 15) is 0 Å². The Labute approximate surface area is 394 Å². The Hall–Kier alpha value is -9.12. The molecule has 0 atom stereocenters. The van der Waals surface area contributed by atoms with Crippen molar-refractivity contribution < 1.29 is 0 Å². The van der Waals surface area contributed by atoms with E-state index in [0.29, 0.717) is 5.82 Å². The summed E-state index contributed by atoms with van der Waals surface area (Å²) in [7, 11) is 0. The average molecular weight is 867 g/mol. The number of para-hydroxylation sites is 2. The summed E-state index contributed by atoms with van der Waals surface area (Å²) < 4.78 is 4.81. The number of nitrogens with zero attached hydrogens (tertiary/aromatic N) is 4. The highest BCUT2D eigenvalue weighted by molar-refractivity contribution is 6.12. The minimum atomic E-state index is 0.707. The summed E-state index contributed by atoms with van der Waals surface area (Å²) in [4.78, 5) is 10.1. The molecule has 3 aromatic heterocycles. The highest BCUT2D eigenvalue weighted by Crippen LogP contribution is 2.39. The summed E-state index contributed by atoms with van der Waals surface area (Å²) in [6.07, 6.45) is 0. The first-order valence-corrected chi connectivity index (χ1v) is 23.1. The van der Waals surface area contributed by atoms with Gasteiger partial charge in [0.05, 0.1) is 33.5 Å². The van der Waals surface area contributed by atoms with Gasteiger partial charge in [-0.3, -0.25) is 0 Å². The Bertz CT molecular complexity index is 3910. The largest absolute Gasteiger partial charge is 0.309 e. The standard InChI is InChI=1S/C64H42N4/c1-4-14-43(15-5-1)44-24-26-45(27-25-44)46-28-34-52(35-29-46)67-60-22-12-10-20-54(60)56-38-32-50(40-62(56)67)51-33-39-57-55-21-11-13-23-61(55)68(63(57)41-51)53-36-30-48(31-37-53)59-42-58(47-16-6-2-7-17-47)65-64(66-59)49-18-8-3-9-19-49/h1-42H. The van der Waals surface area contributed by atoms with Crippen molar-refractivity contribution in [1.82, 2.24) is 19.1 Å². The normalized spacial score (nSPS) is 11.5. The van der Waals surface area contributed by atoms with Crippen molar-refractivity contribution in [1.29, 1.82) is 0 Å². The van der Waals surface area contributed by atoms with Gasteiger partial charge in [-0.2, -0.15) is 0 Å². The molecule has 68 heavy (non-hydrogen) atoms. The predicted octanol–water partition coefficient (Wildman–Crippen LogP) is 16.7. The number of hydrogen-bond acceptors (Lipinski definition) is 2. The maximum Gasteiger partial charge on any atom is 0.160 e. The first-order chi connectivity index (χ1) is 33.7. The molecule has 0 aliphatic carbocycles. The number of aromatic nitrogens is 4. The Morgan fingerprint density at radius 1 is 0.221 bits per heavy atom. The summed E-state index contributed by atoms with van der Waals surface area (Å²) in [6, 6.07) is 91.2. The first-order valence-electron chi connectivity index (χ1n) is 23.1. The Morgan fingerprint density at radius 2 is 0.544 bits per heavy atom. The van der Waals surface area contributed by atoms with Crippen LogP contribution in [0.25, 0.3) is 122 Å². The SMILES string of the molecule is c1ccc(-c2ccc(-c3ccc(-n4c5ccccc5c5ccc(-c6ccc7c8ccccc8n(-c8ccc(-c9cc(-c%10ccccc%10)nc(-c%10ccccc%10)n9)cc8)c7c6)cc54)cc3)cc2)cc1. The Balaban J connectivity index is 0.885. The van der Waals surface area contributed by atoms with E-state index in [1.54, 1.807) is 0 Å². The summed E-state index contributed by atoms with van der Waals surface area (Å²) in [6.45, 7) is 0. The number of fused-ring (bicyclic) bond motifs is 6. The van der Waals surface area contributed by atoms with Crippen LogP contribution in [0.2, 0.25) is 0 Å². The van der Waals surface area contributed by atoms with Crippen LogP contribution >= 0.6 is 0 Å². The molecule has 0 N–H and O–H groups in total. The fraction of sp³-hybridized carbons (Fsp3) is 0. The van der Waals surface area contributed by atoms with Gasteiger partial charge in [0.2, 0.25) is 0 Å². The minimum Gasteiger partial charge on any atom is -0.309 e. The van der Waals surface area contributed by atoms with Crippen LogP contribution in [0.15, 0.2) is 255 Å². The zero-order chi connectivity index (χ0) is 45.0. The van der Waals surface area contributed by atoms with Crippen LogP contribution in [0, 0.1) is 0 Å². The molecule has 10 aromatic carbocycles. The third-order valence-corrected chi connectivity index (χ3v) is 13.4. The van der Waals surface area contributed by atoms with E-state index in [0.717, 1.165) is 56.1 Å². The van der Waals surface area contributed by atoms with Crippen molar-refractivity contribution in [3.05, 3.63) is 255 Å². The molecule has 13 aromatic rings. The molecule has 4 heteroatoms. The zero-order valence-electron chi connectivity index (χ0n) is 37.0. The van der Waals surface area contributed by atoms with E-state index in [1.165, 1.54) is 60.3 Å². The van der Waals surface area contributed by atoms with Gasteiger partial charge in [-0.1, -0.05) is 200 Å².